The zero-order valence-electron chi connectivity index (χ0n) is 8.73. The van der Waals surface area contributed by atoms with Crippen molar-refractivity contribution < 1.29 is 5.11 Å². The van der Waals surface area contributed by atoms with Crippen molar-refractivity contribution in [3.8, 4) is 0 Å². The van der Waals surface area contributed by atoms with E-state index in [0.29, 0.717) is 11.6 Å². The van der Waals surface area contributed by atoms with Crippen molar-refractivity contribution in [2.45, 2.75) is 5.92 Å². The largest absolute Gasteiger partial charge is 0.396 e. The van der Waals surface area contributed by atoms with E-state index < -0.39 is 0 Å². The molecule has 0 spiro atoms. The molecule has 1 atom stereocenters. The van der Waals surface area contributed by atoms with E-state index in [2.05, 4.69) is 4.98 Å². The van der Waals surface area contributed by atoms with Crippen molar-refractivity contribution >= 4 is 22.5 Å². The van der Waals surface area contributed by atoms with Crippen LogP contribution in [0.1, 0.15) is 11.5 Å². The smallest absolute Gasteiger partial charge is 0.0752 e. The quantitative estimate of drug-likeness (QED) is 0.856. The standard InChI is InChI=1S/C12H13ClN2O/c13-10-4-3-8-2-1-5-15-12(8)11(10)9(6-14)7-16/h1-5,9,16H,6-7,14H2. The van der Waals surface area contributed by atoms with Crippen LogP contribution in [0.15, 0.2) is 30.5 Å². The van der Waals surface area contributed by atoms with Crippen molar-refractivity contribution in [2.75, 3.05) is 13.2 Å². The van der Waals surface area contributed by atoms with Crippen LogP contribution in [0, 0.1) is 0 Å². The molecule has 0 radical (unpaired) electrons. The number of aliphatic hydroxyl groups is 1. The first kappa shape index (κ1) is 11.3. The van der Waals surface area contributed by atoms with Gasteiger partial charge in [-0.3, -0.25) is 4.98 Å². The van der Waals surface area contributed by atoms with Gasteiger partial charge in [0.2, 0.25) is 0 Å². The Bertz CT molecular complexity index is 497. The lowest BCUT2D eigenvalue weighted by molar-refractivity contribution is 0.268. The summed E-state index contributed by atoms with van der Waals surface area (Å²) in [5.74, 6) is -0.161. The summed E-state index contributed by atoms with van der Waals surface area (Å²) in [6.45, 7) is 0.331. The first-order chi connectivity index (χ1) is 7.77. The molecule has 0 fully saturated rings. The van der Waals surface area contributed by atoms with Gasteiger partial charge in [0.25, 0.3) is 0 Å². The maximum atomic E-state index is 9.30. The summed E-state index contributed by atoms with van der Waals surface area (Å²) in [5, 5.41) is 10.9. The van der Waals surface area contributed by atoms with Crippen LogP contribution in [-0.4, -0.2) is 23.2 Å². The lowest BCUT2D eigenvalue weighted by Crippen LogP contribution is -2.17. The Morgan fingerprint density at radius 1 is 1.38 bits per heavy atom. The van der Waals surface area contributed by atoms with E-state index in [4.69, 9.17) is 17.3 Å². The number of hydrogen-bond donors (Lipinski definition) is 2. The molecule has 3 N–H and O–H groups in total. The zero-order valence-corrected chi connectivity index (χ0v) is 9.48. The normalized spacial score (nSPS) is 12.9. The molecule has 1 aromatic heterocycles. The molecule has 16 heavy (non-hydrogen) atoms. The molecule has 4 heteroatoms. The molecule has 84 valence electrons. The highest BCUT2D eigenvalue weighted by atomic mass is 35.5. The third-order valence-corrected chi connectivity index (χ3v) is 3.00. The fraction of sp³-hybridized carbons (Fsp3) is 0.250. The first-order valence-electron chi connectivity index (χ1n) is 5.12. The molecule has 2 aromatic rings. The number of nitrogens with two attached hydrogens (primary N) is 1. The Balaban J connectivity index is 2.69. The van der Waals surface area contributed by atoms with Crippen LogP contribution in [0.2, 0.25) is 5.02 Å². The van der Waals surface area contributed by atoms with Crippen molar-refractivity contribution in [3.63, 3.8) is 0 Å². The van der Waals surface area contributed by atoms with Crippen molar-refractivity contribution in [2.24, 2.45) is 5.73 Å². The van der Waals surface area contributed by atoms with Gasteiger partial charge < -0.3 is 10.8 Å². The lowest BCUT2D eigenvalue weighted by Gasteiger charge is -2.15. The summed E-state index contributed by atoms with van der Waals surface area (Å²) in [6.07, 6.45) is 1.72. The molecule has 1 unspecified atom stereocenters. The maximum Gasteiger partial charge on any atom is 0.0752 e. The number of nitrogens with zero attached hydrogens (tertiary/aromatic N) is 1. The Kier molecular flexibility index (Phi) is 3.39. The van der Waals surface area contributed by atoms with Crippen LogP contribution in [0.5, 0.6) is 0 Å². The highest BCUT2D eigenvalue weighted by molar-refractivity contribution is 6.32. The molecule has 1 aromatic carbocycles. The minimum absolute atomic E-state index is 0.0219. The molecule has 0 saturated heterocycles. The molecule has 3 nitrogen and oxygen atoms in total. The van der Waals surface area contributed by atoms with E-state index >= 15 is 0 Å². The number of rotatable bonds is 3. The Labute approximate surface area is 98.9 Å². The van der Waals surface area contributed by atoms with E-state index in [1.54, 1.807) is 6.20 Å². The number of hydrogen-bond acceptors (Lipinski definition) is 3. The van der Waals surface area contributed by atoms with Gasteiger partial charge in [-0.25, -0.2) is 0 Å². The topological polar surface area (TPSA) is 59.1 Å². The molecular weight excluding hydrogens is 224 g/mol. The summed E-state index contributed by atoms with van der Waals surface area (Å²) in [4.78, 5) is 4.31. The zero-order chi connectivity index (χ0) is 11.5. The van der Waals surface area contributed by atoms with Crippen LogP contribution in [0.4, 0.5) is 0 Å². The van der Waals surface area contributed by atoms with Gasteiger partial charge in [-0.1, -0.05) is 23.7 Å². The first-order valence-corrected chi connectivity index (χ1v) is 5.49. The van der Waals surface area contributed by atoms with E-state index in [-0.39, 0.29) is 12.5 Å². The maximum absolute atomic E-state index is 9.30. The summed E-state index contributed by atoms with van der Waals surface area (Å²) < 4.78 is 0. The van der Waals surface area contributed by atoms with E-state index in [1.165, 1.54) is 0 Å². The molecule has 1 heterocycles. The Morgan fingerprint density at radius 3 is 2.88 bits per heavy atom. The van der Waals surface area contributed by atoms with E-state index in [0.717, 1.165) is 16.5 Å². The van der Waals surface area contributed by atoms with Crippen molar-refractivity contribution in [1.29, 1.82) is 0 Å². The number of fused-ring (bicyclic) bond motifs is 1. The molecule has 2 rings (SSSR count). The van der Waals surface area contributed by atoms with Gasteiger partial charge in [-0.2, -0.15) is 0 Å². The second-order valence-corrected chi connectivity index (χ2v) is 4.06. The Hall–Kier alpha value is -1.16. The van der Waals surface area contributed by atoms with Gasteiger partial charge in [0.05, 0.1) is 12.1 Å². The molecule has 0 aliphatic carbocycles. The van der Waals surface area contributed by atoms with Gasteiger partial charge in [-0.05, 0) is 12.1 Å². The van der Waals surface area contributed by atoms with Crippen LogP contribution in [-0.2, 0) is 0 Å². The monoisotopic (exact) mass is 236 g/mol. The molecule has 0 aliphatic heterocycles. The SMILES string of the molecule is NCC(CO)c1c(Cl)ccc2cccnc12. The fourth-order valence-electron chi connectivity index (χ4n) is 1.82. The molecule has 0 saturated carbocycles. The molecular formula is C12H13ClN2O. The second-order valence-electron chi connectivity index (χ2n) is 3.65. The summed E-state index contributed by atoms with van der Waals surface area (Å²) in [5.41, 5.74) is 7.29. The van der Waals surface area contributed by atoms with Crippen LogP contribution in [0.25, 0.3) is 10.9 Å². The fourth-order valence-corrected chi connectivity index (χ4v) is 2.12. The van der Waals surface area contributed by atoms with Crippen molar-refractivity contribution in [3.05, 3.63) is 41.0 Å². The Morgan fingerprint density at radius 2 is 2.19 bits per heavy atom. The summed E-state index contributed by atoms with van der Waals surface area (Å²) in [7, 11) is 0. The highest BCUT2D eigenvalue weighted by Gasteiger charge is 2.16. The van der Waals surface area contributed by atoms with Crippen LogP contribution >= 0.6 is 11.6 Å². The van der Waals surface area contributed by atoms with Gasteiger partial charge in [0.15, 0.2) is 0 Å². The van der Waals surface area contributed by atoms with Crippen LogP contribution < -0.4 is 5.73 Å². The third kappa shape index (κ3) is 1.89. The number of aliphatic hydroxyl groups excluding tert-OH is 1. The van der Waals surface area contributed by atoms with Gasteiger partial charge >= 0.3 is 0 Å². The van der Waals surface area contributed by atoms with Crippen molar-refractivity contribution in [1.82, 2.24) is 4.98 Å². The lowest BCUT2D eigenvalue weighted by atomic mass is 9.97. The summed E-state index contributed by atoms with van der Waals surface area (Å²) in [6, 6.07) is 7.57. The second kappa shape index (κ2) is 4.78. The number of benzene rings is 1. The number of halogens is 1. The molecule has 0 bridgehead atoms. The van der Waals surface area contributed by atoms with Gasteiger partial charge in [-0.15, -0.1) is 0 Å². The minimum atomic E-state index is -0.161. The number of pyridine rings is 1. The average Bonchev–Trinajstić information content (AvgIpc) is 2.33. The van der Waals surface area contributed by atoms with Gasteiger partial charge in [0.1, 0.15) is 0 Å². The third-order valence-electron chi connectivity index (χ3n) is 2.67. The average molecular weight is 237 g/mol. The molecule has 0 aliphatic rings. The van der Waals surface area contributed by atoms with E-state index in [1.807, 2.05) is 24.3 Å². The predicted octanol–water partition coefficient (Wildman–Crippen LogP) is 1.92. The number of aromatic nitrogens is 1. The highest BCUT2D eigenvalue weighted by Crippen LogP contribution is 2.30. The minimum Gasteiger partial charge on any atom is -0.396 e. The predicted molar refractivity (Wildman–Crippen MR) is 65.6 cm³/mol. The molecule has 0 amide bonds. The van der Waals surface area contributed by atoms with Crippen LogP contribution in [0.3, 0.4) is 0 Å². The summed E-state index contributed by atoms with van der Waals surface area (Å²) >= 11 is 6.15. The van der Waals surface area contributed by atoms with E-state index in [9.17, 15) is 5.11 Å². The van der Waals surface area contributed by atoms with Gasteiger partial charge in [0, 0.05) is 34.6 Å².